The van der Waals surface area contributed by atoms with Crippen molar-refractivity contribution < 1.29 is 14.3 Å². The number of ether oxygens (including phenoxy) is 2. The number of anilines is 1. The Balaban J connectivity index is 1.46. The van der Waals surface area contributed by atoms with Crippen molar-refractivity contribution in [2.75, 3.05) is 17.7 Å². The maximum Gasteiger partial charge on any atom is 0.234 e. The number of para-hydroxylation sites is 1. The van der Waals surface area contributed by atoms with Crippen LogP contribution in [0.5, 0.6) is 11.5 Å². The summed E-state index contributed by atoms with van der Waals surface area (Å²) in [6.07, 6.45) is 0. The largest absolute Gasteiger partial charge is 0.494 e. The normalized spacial score (nSPS) is 10.6. The smallest absolute Gasteiger partial charge is 0.234 e. The van der Waals surface area contributed by atoms with Crippen molar-refractivity contribution in [3.8, 4) is 17.2 Å². The number of amides is 1. The molecular weight excluding hydrogens is 448 g/mol. The number of hydrogen-bond acceptors (Lipinski definition) is 6. The molecule has 1 heterocycles. The van der Waals surface area contributed by atoms with Crippen molar-refractivity contribution in [2.24, 2.45) is 0 Å². The third-order valence-corrected chi connectivity index (χ3v) is 5.81. The summed E-state index contributed by atoms with van der Waals surface area (Å²) in [5, 5.41) is 12.2. The number of nitrogens with one attached hydrogen (secondary N) is 1. The van der Waals surface area contributed by atoms with Crippen LogP contribution < -0.4 is 14.8 Å². The minimum Gasteiger partial charge on any atom is -0.494 e. The minimum absolute atomic E-state index is 0.130. The second-order valence-corrected chi connectivity index (χ2v) is 8.41. The molecule has 0 aliphatic carbocycles. The van der Waals surface area contributed by atoms with Gasteiger partial charge in [0.05, 0.1) is 12.4 Å². The highest BCUT2D eigenvalue weighted by molar-refractivity contribution is 7.99. The second kappa shape index (κ2) is 11.4. The summed E-state index contributed by atoms with van der Waals surface area (Å²) < 4.78 is 13.3. The molecule has 0 radical (unpaired) electrons. The first kappa shape index (κ1) is 23.4. The average molecular weight is 475 g/mol. The Morgan fingerprint density at radius 3 is 2.32 bits per heavy atom. The Morgan fingerprint density at radius 2 is 1.62 bits per heavy atom. The molecule has 4 aromatic rings. The van der Waals surface area contributed by atoms with Gasteiger partial charge in [0.1, 0.15) is 18.1 Å². The zero-order chi connectivity index (χ0) is 23.8. The second-order valence-electron chi connectivity index (χ2n) is 7.47. The van der Waals surface area contributed by atoms with E-state index in [4.69, 9.17) is 9.47 Å². The van der Waals surface area contributed by atoms with E-state index in [-0.39, 0.29) is 18.3 Å². The van der Waals surface area contributed by atoms with E-state index in [9.17, 15) is 4.79 Å². The number of benzene rings is 3. The summed E-state index contributed by atoms with van der Waals surface area (Å²) >= 11 is 1.32. The lowest BCUT2D eigenvalue weighted by atomic mass is 10.2. The van der Waals surface area contributed by atoms with E-state index in [1.54, 1.807) is 0 Å². The molecule has 174 valence electrons. The lowest BCUT2D eigenvalue weighted by Crippen LogP contribution is -2.14. The number of aryl methyl sites for hydroxylation is 1. The van der Waals surface area contributed by atoms with Crippen LogP contribution in [0, 0.1) is 6.92 Å². The topological polar surface area (TPSA) is 78.3 Å². The van der Waals surface area contributed by atoms with Gasteiger partial charge in [-0.1, -0.05) is 47.7 Å². The zero-order valence-electron chi connectivity index (χ0n) is 19.1. The van der Waals surface area contributed by atoms with Crippen LogP contribution in [0.15, 0.2) is 84.0 Å². The predicted octanol–water partition coefficient (Wildman–Crippen LogP) is 5.28. The molecular formula is C26H26N4O3S. The molecule has 0 atom stereocenters. The lowest BCUT2D eigenvalue weighted by molar-refractivity contribution is -0.113. The van der Waals surface area contributed by atoms with Crippen LogP contribution >= 0.6 is 11.8 Å². The molecule has 8 heteroatoms. The minimum atomic E-state index is -0.130. The summed E-state index contributed by atoms with van der Waals surface area (Å²) in [6.45, 7) is 4.82. The fourth-order valence-corrected chi connectivity index (χ4v) is 4.00. The van der Waals surface area contributed by atoms with Gasteiger partial charge >= 0.3 is 0 Å². The molecule has 1 N–H and O–H groups in total. The number of carbonyl (C=O) groups is 1. The summed E-state index contributed by atoms with van der Waals surface area (Å²) in [5.41, 5.74) is 2.78. The van der Waals surface area contributed by atoms with Gasteiger partial charge in [-0.3, -0.25) is 9.36 Å². The molecule has 3 aromatic carbocycles. The molecule has 0 aliphatic rings. The molecule has 0 saturated heterocycles. The SMILES string of the molecule is CCOc1ccc(NC(=O)CSc2nnc(COc3ccccc3)n2-c2ccc(C)cc2)cc1. The van der Waals surface area contributed by atoms with Crippen LogP contribution in [-0.2, 0) is 11.4 Å². The number of hydrogen-bond donors (Lipinski definition) is 1. The van der Waals surface area contributed by atoms with Crippen molar-refractivity contribution in [3.63, 3.8) is 0 Å². The third kappa shape index (κ3) is 6.17. The maximum absolute atomic E-state index is 12.6. The Bertz CT molecular complexity index is 1210. The van der Waals surface area contributed by atoms with E-state index in [1.165, 1.54) is 11.8 Å². The molecule has 1 amide bonds. The average Bonchev–Trinajstić information content (AvgIpc) is 3.27. The van der Waals surface area contributed by atoms with Gasteiger partial charge in [0.15, 0.2) is 11.0 Å². The number of nitrogens with zero attached hydrogens (tertiary/aromatic N) is 3. The number of thioether (sulfide) groups is 1. The number of aromatic nitrogens is 3. The summed E-state index contributed by atoms with van der Waals surface area (Å²) in [5.74, 6) is 2.24. The zero-order valence-corrected chi connectivity index (χ0v) is 19.9. The molecule has 0 fully saturated rings. The Morgan fingerprint density at radius 1 is 0.912 bits per heavy atom. The van der Waals surface area contributed by atoms with E-state index in [2.05, 4.69) is 15.5 Å². The highest BCUT2D eigenvalue weighted by Crippen LogP contribution is 2.24. The first-order valence-electron chi connectivity index (χ1n) is 11.0. The summed E-state index contributed by atoms with van der Waals surface area (Å²) in [6, 6.07) is 25.0. The Labute approximate surface area is 203 Å². The van der Waals surface area contributed by atoms with Crippen molar-refractivity contribution in [2.45, 2.75) is 25.6 Å². The first-order chi connectivity index (χ1) is 16.6. The monoisotopic (exact) mass is 474 g/mol. The van der Waals surface area contributed by atoms with E-state index in [0.29, 0.717) is 23.3 Å². The molecule has 0 spiro atoms. The molecule has 4 rings (SSSR count). The van der Waals surface area contributed by atoms with Crippen LogP contribution in [0.3, 0.4) is 0 Å². The van der Waals surface area contributed by atoms with Gasteiger partial charge in [0.2, 0.25) is 5.91 Å². The fraction of sp³-hybridized carbons (Fsp3) is 0.192. The van der Waals surface area contributed by atoms with E-state index >= 15 is 0 Å². The van der Waals surface area contributed by atoms with Crippen LogP contribution in [0.2, 0.25) is 0 Å². The quantitative estimate of drug-likeness (QED) is 0.315. The van der Waals surface area contributed by atoms with Crippen molar-refractivity contribution in [1.29, 1.82) is 0 Å². The number of carbonyl (C=O) groups excluding carboxylic acids is 1. The Hall–Kier alpha value is -3.78. The van der Waals surface area contributed by atoms with E-state index < -0.39 is 0 Å². The van der Waals surface area contributed by atoms with Gasteiger partial charge in [0, 0.05) is 11.4 Å². The molecule has 0 unspecified atom stereocenters. The standard InChI is InChI=1S/C26H26N4O3S/c1-3-32-23-15-11-20(12-16-23)27-25(31)18-34-26-29-28-24(17-33-22-7-5-4-6-8-22)30(26)21-13-9-19(2)10-14-21/h4-16H,3,17-18H2,1-2H3,(H,27,31). The van der Waals surface area contributed by atoms with Gasteiger partial charge in [-0.2, -0.15) is 0 Å². The molecule has 0 saturated carbocycles. The van der Waals surface area contributed by atoms with Gasteiger partial charge in [-0.05, 0) is 62.4 Å². The van der Waals surface area contributed by atoms with Crippen LogP contribution in [-0.4, -0.2) is 33.0 Å². The first-order valence-corrected chi connectivity index (χ1v) is 12.0. The number of rotatable bonds is 10. The maximum atomic E-state index is 12.6. The van der Waals surface area contributed by atoms with Gasteiger partial charge in [0.25, 0.3) is 0 Å². The van der Waals surface area contributed by atoms with E-state index in [0.717, 1.165) is 22.7 Å². The third-order valence-electron chi connectivity index (χ3n) is 4.89. The van der Waals surface area contributed by atoms with Crippen LogP contribution in [0.25, 0.3) is 5.69 Å². The Kier molecular flexibility index (Phi) is 7.83. The highest BCUT2D eigenvalue weighted by Gasteiger charge is 2.17. The lowest BCUT2D eigenvalue weighted by Gasteiger charge is -2.12. The molecule has 0 aliphatic heterocycles. The van der Waals surface area contributed by atoms with Crippen molar-refractivity contribution >= 4 is 23.4 Å². The van der Waals surface area contributed by atoms with Gasteiger partial charge in [-0.15, -0.1) is 10.2 Å². The predicted molar refractivity (Wildman–Crippen MR) is 134 cm³/mol. The van der Waals surface area contributed by atoms with Gasteiger partial charge in [-0.25, -0.2) is 0 Å². The molecule has 0 bridgehead atoms. The van der Waals surface area contributed by atoms with Crippen molar-refractivity contribution in [3.05, 3.63) is 90.3 Å². The fourth-order valence-electron chi connectivity index (χ4n) is 3.23. The highest BCUT2D eigenvalue weighted by atomic mass is 32.2. The molecule has 7 nitrogen and oxygen atoms in total. The molecule has 1 aromatic heterocycles. The van der Waals surface area contributed by atoms with Crippen LogP contribution in [0.1, 0.15) is 18.3 Å². The van der Waals surface area contributed by atoms with E-state index in [1.807, 2.05) is 97.3 Å². The summed E-state index contributed by atoms with van der Waals surface area (Å²) in [7, 11) is 0. The van der Waals surface area contributed by atoms with Crippen LogP contribution in [0.4, 0.5) is 5.69 Å². The summed E-state index contributed by atoms with van der Waals surface area (Å²) in [4.78, 5) is 12.6. The van der Waals surface area contributed by atoms with Gasteiger partial charge < -0.3 is 14.8 Å². The molecule has 34 heavy (non-hydrogen) atoms. The van der Waals surface area contributed by atoms with Crippen molar-refractivity contribution in [1.82, 2.24) is 14.8 Å².